The van der Waals surface area contributed by atoms with Gasteiger partial charge in [-0.1, -0.05) is 5.16 Å². The third kappa shape index (κ3) is 1.33. The van der Waals surface area contributed by atoms with E-state index in [9.17, 15) is 0 Å². The molecule has 3 heteroatoms. The SMILES string of the molecule is CSc1cc(C)cc2onc(C)c12. The summed E-state index contributed by atoms with van der Waals surface area (Å²) in [6.07, 6.45) is 2.07. The van der Waals surface area contributed by atoms with Gasteiger partial charge in [-0.3, -0.25) is 0 Å². The number of fused-ring (bicyclic) bond motifs is 1. The fourth-order valence-corrected chi connectivity index (χ4v) is 2.23. The predicted molar refractivity (Wildman–Crippen MR) is 55.3 cm³/mol. The van der Waals surface area contributed by atoms with E-state index in [0.717, 1.165) is 16.7 Å². The van der Waals surface area contributed by atoms with Crippen molar-refractivity contribution in [3.63, 3.8) is 0 Å². The molecule has 0 aliphatic heterocycles. The molecule has 0 amide bonds. The molecule has 0 radical (unpaired) electrons. The number of hydrogen-bond donors (Lipinski definition) is 0. The monoisotopic (exact) mass is 193 g/mol. The summed E-state index contributed by atoms with van der Waals surface area (Å²) in [6.45, 7) is 4.04. The molecule has 0 saturated heterocycles. The number of rotatable bonds is 1. The fraction of sp³-hybridized carbons (Fsp3) is 0.300. The lowest BCUT2D eigenvalue weighted by molar-refractivity contribution is 0.450. The quantitative estimate of drug-likeness (QED) is 0.651. The predicted octanol–water partition coefficient (Wildman–Crippen LogP) is 3.17. The van der Waals surface area contributed by atoms with Crippen molar-refractivity contribution in [1.82, 2.24) is 5.16 Å². The highest BCUT2D eigenvalue weighted by atomic mass is 32.2. The van der Waals surface area contributed by atoms with E-state index in [1.165, 1.54) is 10.5 Å². The highest BCUT2D eigenvalue weighted by Crippen LogP contribution is 2.30. The van der Waals surface area contributed by atoms with Gasteiger partial charge in [-0.05, 0) is 37.8 Å². The Bertz CT molecular complexity index is 447. The van der Waals surface area contributed by atoms with Gasteiger partial charge < -0.3 is 4.52 Å². The normalized spacial score (nSPS) is 11.0. The number of aromatic nitrogens is 1. The second kappa shape index (κ2) is 3.07. The van der Waals surface area contributed by atoms with Crippen molar-refractivity contribution in [3.8, 4) is 0 Å². The Morgan fingerprint density at radius 3 is 2.77 bits per heavy atom. The van der Waals surface area contributed by atoms with Gasteiger partial charge in [0.25, 0.3) is 0 Å². The van der Waals surface area contributed by atoms with Crippen LogP contribution in [-0.4, -0.2) is 11.4 Å². The number of nitrogens with zero attached hydrogens (tertiary/aromatic N) is 1. The third-order valence-electron chi connectivity index (χ3n) is 2.07. The van der Waals surface area contributed by atoms with Crippen LogP contribution in [0.2, 0.25) is 0 Å². The molecular weight excluding hydrogens is 182 g/mol. The molecule has 0 aliphatic carbocycles. The highest BCUT2D eigenvalue weighted by Gasteiger charge is 2.09. The number of thioether (sulfide) groups is 1. The van der Waals surface area contributed by atoms with Gasteiger partial charge in [-0.25, -0.2) is 0 Å². The average Bonchev–Trinajstić information content (AvgIpc) is 2.46. The highest BCUT2D eigenvalue weighted by molar-refractivity contribution is 7.98. The molecule has 1 aromatic carbocycles. The zero-order chi connectivity index (χ0) is 9.42. The van der Waals surface area contributed by atoms with Gasteiger partial charge in [0, 0.05) is 4.90 Å². The molecule has 0 atom stereocenters. The van der Waals surface area contributed by atoms with Gasteiger partial charge in [0.05, 0.1) is 11.1 Å². The molecule has 0 unspecified atom stereocenters. The molecule has 2 aromatic rings. The van der Waals surface area contributed by atoms with Crippen molar-refractivity contribution >= 4 is 22.7 Å². The lowest BCUT2D eigenvalue weighted by Crippen LogP contribution is -1.78. The molecule has 0 spiro atoms. The lowest BCUT2D eigenvalue weighted by Gasteiger charge is -1.99. The Labute approximate surface area is 81.3 Å². The van der Waals surface area contributed by atoms with Crippen LogP contribution in [-0.2, 0) is 0 Å². The molecule has 1 heterocycles. The van der Waals surface area contributed by atoms with Gasteiger partial charge in [0.15, 0.2) is 5.58 Å². The van der Waals surface area contributed by atoms with Gasteiger partial charge in [0.1, 0.15) is 0 Å². The molecule has 0 N–H and O–H groups in total. The first kappa shape index (κ1) is 8.63. The van der Waals surface area contributed by atoms with Crippen LogP contribution in [0.15, 0.2) is 21.6 Å². The van der Waals surface area contributed by atoms with E-state index < -0.39 is 0 Å². The minimum absolute atomic E-state index is 0.891. The van der Waals surface area contributed by atoms with Crippen LogP contribution < -0.4 is 0 Å². The van der Waals surface area contributed by atoms with Crippen molar-refractivity contribution in [1.29, 1.82) is 0 Å². The van der Waals surface area contributed by atoms with Crippen molar-refractivity contribution in [2.45, 2.75) is 18.7 Å². The van der Waals surface area contributed by atoms with E-state index >= 15 is 0 Å². The van der Waals surface area contributed by atoms with Crippen LogP contribution in [0.4, 0.5) is 0 Å². The summed E-state index contributed by atoms with van der Waals surface area (Å²) in [5.74, 6) is 0. The molecule has 0 fully saturated rings. The molecule has 0 aliphatic rings. The van der Waals surface area contributed by atoms with E-state index in [1.54, 1.807) is 11.8 Å². The molecule has 68 valence electrons. The van der Waals surface area contributed by atoms with E-state index in [-0.39, 0.29) is 0 Å². The summed E-state index contributed by atoms with van der Waals surface area (Å²) in [6, 6.07) is 4.19. The van der Waals surface area contributed by atoms with Crippen LogP contribution in [0.25, 0.3) is 11.0 Å². The number of aryl methyl sites for hydroxylation is 2. The van der Waals surface area contributed by atoms with Crippen LogP contribution in [0.1, 0.15) is 11.3 Å². The Balaban J connectivity index is 2.85. The minimum atomic E-state index is 0.891. The van der Waals surface area contributed by atoms with Crippen molar-refractivity contribution in [2.24, 2.45) is 0 Å². The van der Waals surface area contributed by atoms with Gasteiger partial charge in [0.2, 0.25) is 0 Å². The van der Waals surface area contributed by atoms with Gasteiger partial charge in [-0.2, -0.15) is 0 Å². The zero-order valence-electron chi connectivity index (χ0n) is 7.92. The van der Waals surface area contributed by atoms with E-state index in [0.29, 0.717) is 0 Å². The van der Waals surface area contributed by atoms with Gasteiger partial charge in [-0.15, -0.1) is 11.8 Å². The van der Waals surface area contributed by atoms with Crippen LogP contribution in [0.5, 0.6) is 0 Å². The first-order valence-corrected chi connectivity index (χ1v) is 5.35. The largest absolute Gasteiger partial charge is 0.356 e. The first-order valence-electron chi connectivity index (χ1n) is 4.13. The Hall–Kier alpha value is -0.960. The summed E-state index contributed by atoms with van der Waals surface area (Å²) in [4.78, 5) is 1.24. The number of hydrogen-bond acceptors (Lipinski definition) is 3. The molecule has 1 aromatic heterocycles. The second-order valence-electron chi connectivity index (χ2n) is 3.11. The standard InChI is InChI=1S/C10H11NOS/c1-6-4-8-10(7(2)11-12-8)9(5-6)13-3/h4-5H,1-3H3. The first-order chi connectivity index (χ1) is 6.22. The molecule has 2 rings (SSSR count). The summed E-state index contributed by atoms with van der Waals surface area (Å²) in [5.41, 5.74) is 3.08. The summed E-state index contributed by atoms with van der Waals surface area (Å²) < 4.78 is 5.21. The fourth-order valence-electron chi connectivity index (χ4n) is 1.47. The van der Waals surface area contributed by atoms with Crippen molar-refractivity contribution < 1.29 is 4.52 Å². The van der Waals surface area contributed by atoms with E-state index in [1.807, 2.05) is 13.0 Å². The summed E-state index contributed by atoms with van der Waals surface area (Å²) >= 11 is 1.73. The summed E-state index contributed by atoms with van der Waals surface area (Å²) in [5, 5.41) is 5.11. The van der Waals surface area contributed by atoms with Crippen molar-refractivity contribution in [3.05, 3.63) is 23.4 Å². The third-order valence-corrected chi connectivity index (χ3v) is 2.83. The van der Waals surface area contributed by atoms with Gasteiger partial charge >= 0.3 is 0 Å². The smallest absolute Gasteiger partial charge is 0.168 e. The average molecular weight is 193 g/mol. The van der Waals surface area contributed by atoms with Crippen LogP contribution in [0, 0.1) is 13.8 Å². The molecule has 13 heavy (non-hydrogen) atoms. The van der Waals surface area contributed by atoms with Crippen molar-refractivity contribution in [2.75, 3.05) is 6.26 Å². The van der Waals surface area contributed by atoms with E-state index in [4.69, 9.17) is 4.52 Å². The lowest BCUT2D eigenvalue weighted by atomic mass is 10.1. The Kier molecular flexibility index (Phi) is 2.04. The second-order valence-corrected chi connectivity index (χ2v) is 3.96. The Morgan fingerprint density at radius 1 is 1.31 bits per heavy atom. The molecule has 0 bridgehead atoms. The van der Waals surface area contributed by atoms with E-state index in [2.05, 4.69) is 24.4 Å². The maximum atomic E-state index is 5.21. The molecule has 0 saturated carbocycles. The van der Waals surface area contributed by atoms with Crippen LogP contribution in [0.3, 0.4) is 0 Å². The maximum Gasteiger partial charge on any atom is 0.168 e. The molecule has 2 nitrogen and oxygen atoms in total. The summed E-state index contributed by atoms with van der Waals surface area (Å²) in [7, 11) is 0. The number of benzene rings is 1. The zero-order valence-corrected chi connectivity index (χ0v) is 8.73. The Morgan fingerprint density at radius 2 is 2.08 bits per heavy atom. The maximum absolute atomic E-state index is 5.21. The molecular formula is C10H11NOS. The topological polar surface area (TPSA) is 26.0 Å². The van der Waals surface area contributed by atoms with Crippen LogP contribution >= 0.6 is 11.8 Å². The minimum Gasteiger partial charge on any atom is -0.356 e.